The first-order chi connectivity index (χ1) is 13.0. The van der Waals surface area contributed by atoms with E-state index in [1.165, 1.54) is 17.0 Å². The van der Waals surface area contributed by atoms with Crippen molar-refractivity contribution in [2.45, 2.75) is 25.3 Å². The number of H-pyrrole nitrogens is 1. The van der Waals surface area contributed by atoms with Crippen LogP contribution in [-0.2, 0) is 13.0 Å². The number of nitrogens with one attached hydrogen (secondary N) is 2. The number of benzene rings is 2. The normalized spacial score (nSPS) is 12.0. The zero-order valence-electron chi connectivity index (χ0n) is 14.5. The monoisotopic (exact) mass is 380 g/mol. The molecular formula is C20H20F4N2O. The molecule has 27 heavy (non-hydrogen) atoms. The molecular weight excluding hydrogens is 360 g/mol. The zero-order chi connectivity index (χ0) is 19.3. The minimum absolute atomic E-state index is 0.145. The Morgan fingerprint density at radius 2 is 1.89 bits per heavy atom. The van der Waals surface area contributed by atoms with E-state index in [2.05, 4.69) is 16.4 Å². The van der Waals surface area contributed by atoms with Gasteiger partial charge in [-0.1, -0.05) is 30.3 Å². The first kappa shape index (κ1) is 19.2. The number of fused-ring (bicyclic) bond motifs is 1. The second kappa shape index (κ2) is 8.43. The Morgan fingerprint density at radius 1 is 1.07 bits per heavy atom. The van der Waals surface area contributed by atoms with Crippen molar-refractivity contribution in [3.63, 3.8) is 0 Å². The molecule has 0 aliphatic rings. The van der Waals surface area contributed by atoms with Crippen LogP contribution in [0.4, 0.5) is 17.6 Å². The summed E-state index contributed by atoms with van der Waals surface area (Å²) in [4.78, 5) is 3.23. The number of halogens is 4. The highest BCUT2D eigenvalue weighted by Crippen LogP contribution is 2.24. The molecule has 0 fully saturated rings. The molecule has 1 heterocycles. The van der Waals surface area contributed by atoms with Gasteiger partial charge in [0.15, 0.2) is 6.61 Å². The van der Waals surface area contributed by atoms with Crippen LogP contribution in [0.5, 0.6) is 5.75 Å². The summed E-state index contributed by atoms with van der Waals surface area (Å²) in [5, 5.41) is 4.47. The van der Waals surface area contributed by atoms with E-state index < -0.39 is 19.0 Å². The van der Waals surface area contributed by atoms with Gasteiger partial charge in [-0.05, 0) is 42.3 Å². The number of ether oxygens (including phenoxy) is 1. The SMILES string of the molecule is FC(F)C(F)(F)COc1cccc(CNCCc2c[nH]c3ccccc23)c1. The lowest BCUT2D eigenvalue weighted by atomic mass is 10.1. The molecule has 0 aliphatic carbocycles. The lowest BCUT2D eigenvalue weighted by Gasteiger charge is -2.16. The second-order valence-electron chi connectivity index (χ2n) is 6.28. The fourth-order valence-electron chi connectivity index (χ4n) is 2.78. The lowest BCUT2D eigenvalue weighted by Crippen LogP contribution is -2.33. The van der Waals surface area contributed by atoms with Crippen LogP contribution in [0.25, 0.3) is 10.9 Å². The van der Waals surface area contributed by atoms with Crippen LogP contribution in [0.15, 0.2) is 54.7 Å². The van der Waals surface area contributed by atoms with Crippen LogP contribution in [0, 0.1) is 0 Å². The molecule has 0 aliphatic heterocycles. The van der Waals surface area contributed by atoms with Gasteiger partial charge in [0.05, 0.1) is 0 Å². The smallest absolute Gasteiger partial charge is 0.340 e. The van der Waals surface area contributed by atoms with E-state index in [0.717, 1.165) is 24.0 Å². The van der Waals surface area contributed by atoms with Gasteiger partial charge in [-0.25, -0.2) is 8.78 Å². The number of para-hydroxylation sites is 1. The van der Waals surface area contributed by atoms with Gasteiger partial charge in [0.2, 0.25) is 0 Å². The quantitative estimate of drug-likeness (QED) is 0.414. The van der Waals surface area contributed by atoms with Crippen molar-refractivity contribution in [1.82, 2.24) is 10.3 Å². The number of hydrogen-bond donors (Lipinski definition) is 2. The molecule has 1 aromatic heterocycles. The number of hydrogen-bond acceptors (Lipinski definition) is 2. The maximum Gasteiger partial charge on any atom is 0.340 e. The number of rotatable bonds is 9. The first-order valence-corrected chi connectivity index (χ1v) is 8.59. The molecule has 0 unspecified atom stereocenters. The third-order valence-corrected chi connectivity index (χ3v) is 4.22. The molecule has 0 saturated heterocycles. The topological polar surface area (TPSA) is 37.0 Å². The molecule has 7 heteroatoms. The van der Waals surface area contributed by atoms with E-state index in [-0.39, 0.29) is 5.75 Å². The second-order valence-corrected chi connectivity index (χ2v) is 6.28. The van der Waals surface area contributed by atoms with Gasteiger partial charge in [-0.2, -0.15) is 8.78 Å². The third kappa shape index (κ3) is 5.01. The number of aromatic nitrogens is 1. The van der Waals surface area contributed by atoms with Gasteiger partial charge < -0.3 is 15.0 Å². The summed E-state index contributed by atoms with van der Waals surface area (Å²) in [6, 6.07) is 14.6. The fraction of sp³-hybridized carbons (Fsp3) is 0.300. The molecule has 0 saturated carbocycles. The molecule has 3 nitrogen and oxygen atoms in total. The van der Waals surface area contributed by atoms with Gasteiger partial charge in [0, 0.05) is 23.6 Å². The van der Waals surface area contributed by atoms with E-state index in [1.807, 2.05) is 30.5 Å². The van der Waals surface area contributed by atoms with Crippen molar-refractivity contribution < 1.29 is 22.3 Å². The van der Waals surface area contributed by atoms with Crippen LogP contribution in [-0.4, -0.2) is 30.5 Å². The molecule has 2 aromatic carbocycles. The van der Waals surface area contributed by atoms with Crippen molar-refractivity contribution in [3.05, 3.63) is 65.9 Å². The molecule has 0 bridgehead atoms. The Labute approximate surface area is 154 Å². The Morgan fingerprint density at radius 3 is 2.70 bits per heavy atom. The fourth-order valence-corrected chi connectivity index (χ4v) is 2.78. The van der Waals surface area contributed by atoms with Gasteiger partial charge in [0.25, 0.3) is 0 Å². The van der Waals surface area contributed by atoms with E-state index in [1.54, 1.807) is 12.1 Å². The van der Waals surface area contributed by atoms with Crippen LogP contribution < -0.4 is 10.1 Å². The summed E-state index contributed by atoms with van der Waals surface area (Å²) >= 11 is 0. The highest BCUT2D eigenvalue weighted by Gasteiger charge is 2.41. The summed E-state index contributed by atoms with van der Waals surface area (Å²) in [6.45, 7) is -0.0940. The predicted octanol–water partition coefficient (Wildman–Crippen LogP) is 4.78. The minimum Gasteiger partial charge on any atom is -0.487 e. The highest BCUT2D eigenvalue weighted by atomic mass is 19.3. The van der Waals surface area contributed by atoms with E-state index in [0.29, 0.717) is 6.54 Å². The van der Waals surface area contributed by atoms with E-state index in [4.69, 9.17) is 4.74 Å². The van der Waals surface area contributed by atoms with Crippen molar-refractivity contribution in [3.8, 4) is 5.75 Å². The number of alkyl halides is 4. The molecule has 0 amide bonds. The average molecular weight is 380 g/mol. The van der Waals surface area contributed by atoms with Crippen molar-refractivity contribution in [2.75, 3.05) is 13.2 Å². The molecule has 144 valence electrons. The Balaban J connectivity index is 1.48. The standard InChI is InChI=1S/C20H20F4N2O/c21-19(22)20(23,24)13-27-16-5-3-4-14(10-16)11-25-9-8-15-12-26-18-7-2-1-6-17(15)18/h1-7,10,12,19,25-26H,8-9,11,13H2. The Kier molecular flexibility index (Phi) is 6.01. The Bertz CT molecular complexity index is 879. The highest BCUT2D eigenvalue weighted by molar-refractivity contribution is 5.83. The van der Waals surface area contributed by atoms with E-state index in [9.17, 15) is 17.6 Å². The predicted molar refractivity (Wildman–Crippen MR) is 96.6 cm³/mol. The molecule has 0 radical (unpaired) electrons. The van der Waals surface area contributed by atoms with Crippen molar-refractivity contribution >= 4 is 10.9 Å². The van der Waals surface area contributed by atoms with Gasteiger partial charge >= 0.3 is 12.3 Å². The third-order valence-electron chi connectivity index (χ3n) is 4.22. The summed E-state index contributed by atoms with van der Waals surface area (Å²) in [5.74, 6) is -4.01. The average Bonchev–Trinajstić information content (AvgIpc) is 3.07. The van der Waals surface area contributed by atoms with Crippen LogP contribution in [0.1, 0.15) is 11.1 Å². The molecule has 0 atom stereocenters. The lowest BCUT2D eigenvalue weighted by molar-refractivity contribution is -0.148. The minimum atomic E-state index is -4.16. The summed E-state index contributed by atoms with van der Waals surface area (Å²) in [6.07, 6.45) is -0.919. The maximum absolute atomic E-state index is 12.9. The number of aromatic amines is 1. The summed E-state index contributed by atoms with van der Waals surface area (Å²) < 4.78 is 55.0. The zero-order valence-corrected chi connectivity index (χ0v) is 14.5. The molecule has 0 spiro atoms. The molecule has 2 N–H and O–H groups in total. The van der Waals surface area contributed by atoms with Gasteiger partial charge in [-0.15, -0.1) is 0 Å². The van der Waals surface area contributed by atoms with Crippen molar-refractivity contribution in [2.24, 2.45) is 0 Å². The summed E-state index contributed by atoms with van der Waals surface area (Å²) in [7, 11) is 0. The van der Waals surface area contributed by atoms with Gasteiger partial charge in [0.1, 0.15) is 5.75 Å². The van der Waals surface area contributed by atoms with Crippen LogP contribution in [0.2, 0.25) is 0 Å². The van der Waals surface area contributed by atoms with Gasteiger partial charge in [-0.3, -0.25) is 0 Å². The molecule has 3 aromatic rings. The van der Waals surface area contributed by atoms with Crippen LogP contribution in [0.3, 0.4) is 0 Å². The largest absolute Gasteiger partial charge is 0.487 e. The Hall–Kier alpha value is -2.54. The van der Waals surface area contributed by atoms with Crippen LogP contribution >= 0.6 is 0 Å². The van der Waals surface area contributed by atoms with E-state index >= 15 is 0 Å². The summed E-state index contributed by atoms with van der Waals surface area (Å²) in [5.41, 5.74) is 3.13. The van der Waals surface area contributed by atoms with Crippen molar-refractivity contribution in [1.29, 1.82) is 0 Å². The maximum atomic E-state index is 12.9. The first-order valence-electron chi connectivity index (χ1n) is 8.59. The molecule has 3 rings (SSSR count).